The SMILES string of the molecule is Cc1nc(C2C[C@H](N)c3ccc(Br)cc3O2)cs1. The molecule has 0 saturated heterocycles. The Morgan fingerprint density at radius 3 is 3.06 bits per heavy atom. The number of fused-ring (bicyclic) bond motifs is 1. The largest absolute Gasteiger partial charge is 0.484 e. The predicted octanol–water partition coefficient (Wildman–Crippen LogP) is 3.74. The number of aromatic nitrogens is 1. The molecule has 0 fully saturated rings. The van der Waals surface area contributed by atoms with Gasteiger partial charge in [0.1, 0.15) is 11.9 Å². The lowest BCUT2D eigenvalue weighted by molar-refractivity contribution is 0.157. The van der Waals surface area contributed by atoms with E-state index in [0.29, 0.717) is 0 Å². The molecule has 0 saturated carbocycles. The fourth-order valence-corrected chi connectivity index (χ4v) is 3.18. The van der Waals surface area contributed by atoms with Gasteiger partial charge >= 0.3 is 0 Å². The van der Waals surface area contributed by atoms with Gasteiger partial charge in [-0.2, -0.15) is 0 Å². The molecule has 1 unspecified atom stereocenters. The van der Waals surface area contributed by atoms with Gasteiger partial charge in [-0.05, 0) is 19.1 Å². The number of halogens is 1. The Bertz CT molecular complexity index is 584. The highest BCUT2D eigenvalue weighted by Gasteiger charge is 2.28. The Morgan fingerprint density at radius 1 is 1.50 bits per heavy atom. The van der Waals surface area contributed by atoms with Gasteiger partial charge in [0.05, 0.1) is 10.7 Å². The van der Waals surface area contributed by atoms with E-state index in [1.54, 1.807) is 11.3 Å². The number of thiazole rings is 1. The van der Waals surface area contributed by atoms with E-state index < -0.39 is 0 Å². The van der Waals surface area contributed by atoms with Gasteiger partial charge in [0.15, 0.2) is 0 Å². The Labute approximate surface area is 118 Å². The van der Waals surface area contributed by atoms with Crippen molar-refractivity contribution < 1.29 is 4.74 Å². The molecule has 0 bridgehead atoms. The van der Waals surface area contributed by atoms with Crippen molar-refractivity contribution in [3.05, 3.63) is 44.3 Å². The molecule has 18 heavy (non-hydrogen) atoms. The molecule has 3 rings (SSSR count). The van der Waals surface area contributed by atoms with Crippen LogP contribution in [0, 0.1) is 6.92 Å². The second kappa shape index (κ2) is 4.64. The number of hydrogen-bond donors (Lipinski definition) is 1. The van der Waals surface area contributed by atoms with E-state index in [4.69, 9.17) is 10.5 Å². The third-order valence-corrected chi connectivity index (χ3v) is 4.36. The number of ether oxygens (including phenoxy) is 1. The molecule has 0 spiro atoms. The minimum atomic E-state index is -0.0354. The Morgan fingerprint density at radius 2 is 2.33 bits per heavy atom. The molecule has 2 heterocycles. The van der Waals surface area contributed by atoms with E-state index in [9.17, 15) is 0 Å². The van der Waals surface area contributed by atoms with Crippen molar-refractivity contribution in [2.45, 2.75) is 25.5 Å². The van der Waals surface area contributed by atoms with E-state index in [0.717, 1.165) is 32.9 Å². The normalized spacial score (nSPS) is 22.4. The molecule has 94 valence electrons. The summed E-state index contributed by atoms with van der Waals surface area (Å²) >= 11 is 5.10. The molecule has 2 N–H and O–H groups in total. The first-order valence-corrected chi connectivity index (χ1v) is 7.44. The monoisotopic (exact) mass is 324 g/mol. The second-order valence-corrected chi connectivity index (χ2v) is 6.40. The van der Waals surface area contributed by atoms with Gasteiger partial charge in [-0.25, -0.2) is 4.98 Å². The van der Waals surface area contributed by atoms with Crippen molar-refractivity contribution in [1.82, 2.24) is 4.98 Å². The first-order chi connectivity index (χ1) is 8.63. The second-order valence-electron chi connectivity index (χ2n) is 4.42. The van der Waals surface area contributed by atoms with Crippen molar-refractivity contribution in [1.29, 1.82) is 0 Å². The van der Waals surface area contributed by atoms with E-state index in [2.05, 4.69) is 26.3 Å². The molecule has 1 aromatic heterocycles. The van der Waals surface area contributed by atoms with Crippen molar-refractivity contribution in [2.75, 3.05) is 0 Å². The topological polar surface area (TPSA) is 48.1 Å². The lowest BCUT2D eigenvalue weighted by atomic mass is 9.96. The quantitative estimate of drug-likeness (QED) is 0.869. The highest BCUT2D eigenvalue weighted by atomic mass is 79.9. The predicted molar refractivity (Wildman–Crippen MR) is 75.9 cm³/mol. The molecule has 2 atom stereocenters. The fourth-order valence-electron chi connectivity index (χ4n) is 2.18. The average Bonchev–Trinajstić information content (AvgIpc) is 2.75. The van der Waals surface area contributed by atoms with Crippen LogP contribution in [0.2, 0.25) is 0 Å². The van der Waals surface area contributed by atoms with Gasteiger partial charge in [-0.15, -0.1) is 11.3 Å². The van der Waals surface area contributed by atoms with Crippen LogP contribution in [-0.4, -0.2) is 4.98 Å². The highest BCUT2D eigenvalue weighted by Crippen LogP contribution is 2.40. The van der Waals surface area contributed by atoms with Crippen LogP contribution in [0.4, 0.5) is 0 Å². The number of hydrogen-bond acceptors (Lipinski definition) is 4. The van der Waals surface area contributed by atoms with Gasteiger partial charge in [-0.3, -0.25) is 0 Å². The molecule has 1 aromatic carbocycles. The molecule has 5 heteroatoms. The van der Waals surface area contributed by atoms with E-state index >= 15 is 0 Å². The number of aryl methyl sites for hydroxylation is 1. The Balaban J connectivity index is 1.95. The van der Waals surface area contributed by atoms with E-state index in [1.807, 2.05) is 25.1 Å². The van der Waals surface area contributed by atoms with Gasteiger partial charge in [0.2, 0.25) is 0 Å². The van der Waals surface area contributed by atoms with E-state index in [-0.39, 0.29) is 12.1 Å². The molecule has 0 radical (unpaired) electrons. The third-order valence-electron chi connectivity index (χ3n) is 3.08. The lowest BCUT2D eigenvalue weighted by Crippen LogP contribution is -2.24. The smallest absolute Gasteiger partial charge is 0.143 e. The van der Waals surface area contributed by atoms with Crippen molar-refractivity contribution in [2.24, 2.45) is 5.73 Å². The Kier molecular flexibility index (Phi) is 3.13. The van der Waals surface area contributed by atoms with Crippen LogP contribution in [0.15, 0.2) is 28.1 Å². The van der Waals surface area contributed by atoms with Gasteiger partial charge in [-0.1, -0.05) is 22.0 Å². The number of nitrogens with two attached hydrogens (primary N) is 1. The number of nitrogens with zero attached hydrogens (tertiary/aromatic N) is 1. The molecule has 2 aromatic rings. The van der Waals surface area contributed by atoms with Crippen LogP contribution in [0.3, 0.4) is 0 Å². The molecule has 1 aliphatic rings. The lowest BCUT2D eigenvalue weighted by Gasteiger charge is -2.29. The standard InChI is InChI=1S/C13H13BrN2OS/c1-7-16-11(6-18-7)13-5-10(15)9-3-2-8(14)4-12(9)17-13/h2-4,6,10,13H,5,15H2,1H3/t10-,13?/m0/s1. The maximum absolute atomic E-state index is 6.21. The highest BCUT2D eigenvalue weighted by molar-refractivity contribution is 9.10. The van der Waals surface area contributed by atoms with E-state index in [1.165, 1.54) is 0 Å². The number of rotatable bonds is 1. The summed E-state index contributed by atoms with van der Waals surface area (Å²) in [5, 5.41) is 3.11. The van der Waals surface area contributed by atoms with Gasteiger partial charge in [0.25, 0.3) is 0 Å². The zero-order chi connectivity index (χ0) is 12.7. The molecular weight excluding hydrogens is 312 g/mol. The van der Waals surface area contributed by atoms with Crippen LogP contribution in [0.25, 0.3) is 0 Å². The minimum Gasteiger partial charge on any atom is -0.484 e. The van der Waals surface area contributed by atoms with Crippen molar-refractivity contribution >= 4 is 27.3 Å². The Hall–Kier alpha value is -0.910. The zero-order valence-corrected chi connectivity index (χ0v) is 12.3. The van der Waals surface area contributed by atoms with Crippen LogP contribution in [-0.2, 0) is 0 Å². The summed E-state index contributed by atoms with van der Waals surface area (Å²) < 4.78 is 7.02. The first-order valence-electron chi connectivity index (χ1n) is 5.77. The summed E-state index contributed by atoms with van der Waals surface area (Å²) in [4.78, 5) is 4.49. The maximum atomic E-state index is 6.21. The molecule has 0 amide bonds. The van der Waals surface area contributed by atoms with Crippen molar-refractivity contribution in [3.63, 3.8) is 0 Å². The molecule has 1 aliphatic heterocycles. The summed E-state index contributed by atoms with van der Waals surface area (Å²) in [7, 11) is 0. The average molecular weight is 325 g/mol. The maximum Gasteiger partial charge on any atom is 0.143 e. The number of benzene rings is 1. The molecule has 0 aliphatic carbocycles. The summed E-state index contributed by atoms with van der Waals surface area (Å²) in [5.41, 5.74) is 8.27. The van der Waals surface area contributed by atoms with Crippen LogP contribution in [0.1, 0.15) is 34.8 Å². The molecule has 3 nitrogen and oxygen atoms in total. The summed E-state index contributed by atoms with van der Waals surface area (Å²) in [6.45, 7) is 2.00. The van der Waals surface area contributed by atoms with Gasteiger partial charge in [0, 0.05) is 27.9 Å². The summed E-state index contributed by atoms with van der Waals surface area (Å²) in [6, 6.07) is 6.00. The summed E-state index contributed by atoms with van der Waals surface area (Å²) in [6.07, 6.45) is 0.740. The first kappa shape index (κ1) is 12.1. The van der Waals surface area contributed by atoms with Crippen LogP contribution in [0.5, 0.6) is 5.75 Å². The third kappa shape index (κ3) is 2.18. The minimum absolute atomic E-state index is 0.00820. The zero-order valence-electron chi connectivity index (χ0n) is 9.89. The summed E-state index contributed by atoms with van der Waals surface area (Å²) in [5.74, 6) is 0.860. The molecular formula is C13H13BrN2OS. The van der Waals surface area contributed by atoms with Crippen LogP contribution < -0.4 is 10.5 Å². The van der Waals surface area contributed by atoms with Crippen molar-refractivity contribution in [3.8, 4) is 5.75 Å². The van der Waals surface area contributed by atoms with Gasteiger partial charge < -0.3 is 10.5 Å². The van der Waals surface area contributed by atoms with Crippen LogP contribution >= 0.6 is 27.3 Å². The fraction of sp³-hybridized carbons (Fsp3) is 0.308.